The van der Waals surface area contributed by atoms with Crippen molar-refractivity contribution in [1.29, 1.82) is 5.26 Å². The summed E-state index contributed by atoms with van der Waals surface area (Å²) in [4.78, 5) is 4.43. The number of benzene rings is 1. The summed E-state index contributed by atoms with van der Waals surface area (Å²) in [6.07, 6.45) is 0.622. The van der Waals surface area contributed by atoms with Crippen LogP contribution in [0.4, 0.5) is 0 Å². The summed E-state index contributed by atoms with van der Waals surface area (Å²) in [5, 5.41) is 13.4. The number of nitriles is 1. The Morgan fingerprint density at radius 1 is 1.20 bits per heavy atom. The van der Waals surface area contributed by atoms with Gasteiger partial charge < -0.3 is 4.74 Å². The van der Waals surface area contributed by atoms with E-state index in [4.69, 9.17) is 10.00 Å². The molecule has 0 fully saturated rings. The minimum atomic E-state index is 0.482. The highest BCUT2D eigenvalue weighted by Gasteiger charge is 2.07. The van der Waals surface area contributed by atoms with E-state index in [1.165, 1.54) is 0 Å². The number of nitrogens with zero attached hydrogens (tertiary/aromatic N) is 4. The van der Waals surface area contributed by atoms with E-state index < -0.39 is 0 Å². The van der Waals surface area contributed by atoms with Crippen LogP contribution in [0, 0.1) is 11.3 Å². The van der Waals surface area contributed by atoms with Gasteiger partial charge in [0.2, 0.25) is 0 Å². The van der Waals surface area contributed by atoms with Crippen molar-refractivity contribution in [3.8, 4) is 11.8 Å². The van der Waals surface area contributed by atoms with Gasteiger partial charge in [0.1, 0.15) is 17.5 Å². The van der Waals surface area contributed by atoms with Crippen molar-refractivity contribution in [2.45, 2.75) is 6.42 Å². The first-order chi connectivity index (χ1) is 9.80. The van der Waals surface area contributed by atoms with Gasteiger partial charge in [-0.05, 0) is 29.8 Å². The number of ether oxygens (including phenoxy) is 1. The summed E-state index contributed by atoms with van der Waals surface area (Å²) in [7, 11) is 1.64. The largest absolute Gasteiger partial charge is 0.497 e. The topological polar surface area (TPSA) is 63.2 Å². The standard InChI is InChI=1S/C15H12N4O/c1-20-13-7-5-11(6-8-13)9-14-17-15-4-2-3-12(10-16)19(15)18-14/h2-8H,9H2,1H3. The van der Waals surface area contributed by atoms with Gasteiger partial charge in [0.15, 0.2) is 11.5 Å². The molecule has 0 aliphatic heterocycles. The summed E-state index contributed by atoms with van der Waals surface area (Å²) < 4.78 is 6.69. The first-order valence-electron chi connectivity index (χ1n) is 6.18. The summed E-state index contributed by atoms with van der Waals surface area (Å²) in [6.45, 7) is 0. The third kappa shape index (κ3) is 2.19. The highest BCUT2D eigenvalue weighted by atomic mass is 16.5. The predicted octanol–water partition coefficient (Wildman–Crippen LogP) is 2.20. The molecule has 0 unspecified atom stereocenters. The van der Waals surface area contributed by atoms with Crippen molar-refractivity contribution in [3.63, 3.8) is 0 Å². The average Bonchev–Trinajstić information content (AvgIpc) is 2.90. The van der Waals surface area contributed by atoms with Crippen LogP contribution in [0.2, 0.25) is 0 Å². The Kier molecular flexibility index (Phi) is 3.05. The molecular weight excluding hydrogens is 252 g/mol. The van der Waals surface area contributed by atoms with E-state index in [-0.39, 0.29) is 0 Å². The Bertz CT molecular complexity index is 784. The fraction of sp³-hybridized carbons (Fsp3) is 0.133. The molecule has 98 valence electrons. The third-order valence-corrected chi connectivity index (χ3v) is 3.04. The van der Waals surface area contributed by atoms with Gasteiger partial charge in [-0.2, -0.15) is 5.26 Å². The van der Waals surface area contributed by atoms with Gasteiger partial charge >= 0.3 is 0 Å². The first kappa shape index (κ1) is 12.2. The first-order valence-corrected chi connectivity index (χ1v) is 6.18. The van der Waals surface area contributed by atoms with Crippen LogP contribution in [0.25, 0.3) is 5.65 Å². The smallest absolute Gasteiger partial charge is 0.157 e. The molecule has 0 radical (unpaired) electrons. The van der Waals surface area contributed by atoms with Crippen molar-refractivity contribution in [3.05, 3.63) is 59.5 Å². The Balaban J connectivity index is 1.92. The lowest BCUT2D eigenvalue weighted by molar-refractivity contribution is 0.414. The quantitative estimate of drug-likeness (QED) is 0.727. The molecule has 0 atom stereocenters. The molecule has 0 aliphatic rings. The molecule has 0 saturated heterocycles. The van der Waals surface area contributed by atoms with Gasteiger partial charge in [0, 0.05) is 6.42 Å². The molecule has 0 saturated carbocycles. The lowest BCUT2D eigenvalue weighted by Crippen LogP contribution is -1.95. The van der Waals surface area contributed by atoms with E-state index in [9.17, 15) is 0 Å². The van der Waals surface area contributed by atoms with Crippen LogP contribution < -0.4 is 4.74 Å². The molecule has 1 aromatic carbocycles. The van der Waals surface area contributed by atoms with Gasteiger partial charge in [-0.3, -0.25) is 0 Å². The number of pyridine rings is 1. The van der Waals surface area contributed by atoms with Crippen LogP contribution in [0.5, 0.6) is 5.75 Å². The Hall–Kier alpha value is -2.87. The van der Waals surface area contributed by atoms with E-state index >= 15 is 0 Å². The minimum Gasteiger partial charge on any atom is -0.497 e. The Morgan fingerprint density at radius 2 is 2.00 bits per heavy atom. The molecule has 0 aliphatic carbocycles. The van der Waals surface area contributed by atoms with E-state index in [1.54, 1.807) is 23.8 Å². The molecule has 0 N–H and O–H groups in total. The number of hydrogen-bond acceptors (Lipinski definition) is 4. The normalized spacial score (nSPS) is 10.4. The van der Waals surface area contributed by atoms with Crippen molar-refractivity contribution >= 4 is 5.65 Å². The van der Waals surface area contributed by atoms with Crippen LogP contribution in [0.1, 0.15) is 17.1 Å². The number of rotatable bonds is 3. The molecule has 2 aromatic heterocycles. The van der Waals surface area contributed by atoms with Crippen LogP contribution >= 0.6 is 0 Å². The van der Waals surface area contributed by atoms with Gasteiger partial charge in [-0.1, -0.05) is 18.2 Å². The maximum absolute atomic E-state index is 9.04. The summed E-state index contributed by atoms with van der Waals surface area (Å²) in [5.74, 6) is 1.52. The molecule has 3 rings (SSSR count). The molecule has 0 amide bonds. The minimum absolute atomic E-state index is 0.482. The third-order valence-electron chi connectivity index (χ3n) is 3.04. The molecule has 3 aromatic rings. The fourth-order valence-electron chi connectivity index (χ4n) is 2.04. The molecule has 5 heteroatoms. The molecule has 2 heterocycles. The van der Waals surface area contributed by atoms with Crippen molar-refractivity contribution < 1.29 is 4.74 Å². The monoisotopic (exact) mass is 264 g/mol. The van der Waals surface area contributed by atoms with Gasteiger partial charge in [-0.25, -0.2) is 9.50 Å². The number of methoxy groups -OCH3 is 1. The van der Waals surface area contributed by atoms with Crippen LogP contribution in [-0.4, -0.2) is 21.7 Å². The second-order valence-corrected chi connectivity index (χ2v) is 4.35. The summed E-state index contributed by atoms with van der Waals surface area (Å²) >= 11 is 0. The SMILES string of the molecule is COc1ccc(Cc2nc3cccc(C#N)n3n2)cc1. The molecule has 5 nitrogen and oxygen atoms in total. The second-order valence-electron chi connectivity index (χ2n) is 4.35. The second kappa shape index (κ2) is 5.02. The van der Waals surface area contributed by atoms with Crippen LogP contribution in [0.3, 0.4) is 0 Å². The van der Waals surface area contributed by atoms with Gasteiger partial charge in [0.05, 0.1) is 7.11 Å². The summed E-state index contributed by atoms with van der Waals surface area (Å²) in [5.41, 5.74) is 2.27. The maximum Gasteiger partial charge on any atom is 0.157 e. The van der Waals surface area contributed by atoms with E-state index in [0.29, 0.717) is 23.6 Å². The number of fused-ring (bicyclic) bond motifs is 1. The fourth-order valence-corrected chi connectivity index (χ4v) is 2.04. The van der Waals surface area contributed by atoms with Crippen molar-refractivity contribution in [2.24, 2.45) is 0 Å². The zero-order valence-electron chi connectivity index (χ0n) is 10.9. The summed E-state index contributed by atoms with van der Waals surface area (Å²) in [6, 6.07) is 15.3. The molecule has 0 spiro atoms. The van der Waals surface area contributed by atoms with E-state index in [0.717, 1.165) is 11.3 Å². The van der Waals surface area contributed by atoms with Gasteiger partial charge in [0.25, 0.3) is 0 Å². The van der Waals surface area contributed by atoms with Crippen molar-refractivity contribution in [2.75, 3.05) is 7.11 Å². The molecule has 20 heavy (non-hydrogen) atoms. The number of aromatic nitrogens is 3. The zero-order chi connectivity index (χ0) is 13.9. The number of hydrogen-bond donors (Lipinski definition) is 0. The highest BCUT2D eigenvalue weighted by molar-refractivity contribution is 5.42. The van der Waals surface area contributed by atoms with Crippen molar-refractivity contribution in [1.82, 2.24) is 14.6 Å². The average molecular weight is 264 g/mol. The van der Waals surface area contributed by atoms with E-state index in [2.05, 4.69) is 16.2 Å². The lowest BCUT2D eigenvalue weighted by Gasteiger charge is -2.00. The van der Waals surface area contributed by atoms with E-state index in [1.807, 2.05) is 30.3 Å². The van der Waals surface area contributed by atoms with Crippen LogP contribution in [-0.2, 0) is 6.42 Å². The Morgan fingerprint density at radius 3 is 2.70 bits per heavy atom. The van der Waals surface area contributed by atoms with Crippen LogP contribution in [0.15, 0.2) is 42.5 Å². The lowest BCUT2D eigenvalue weighted by atomic mass is 10.1. The Labute approximate surface area is 116 Å². The molecular formula is C15H12N4O. The predicted molar refractivity (Wildman–Crippen MR) is 73.5 cm³/mol. The zero-order valence-corrected chi connectivity index (χ0v) is 10.9. The molecule has 0 bridgehead atoms. The van der Waals surface area contributed by atoms with Gasteiger partial charge in [-0.15, -0.1) is 5.10 Å². The highest BCUT2D eigenvalue weighted by Crippen LogP contribution is 2.14. The maximum atomic E-state index is 9.04.